The van der Waals surface area contributed by atoms with Crippen LogP contribution in [0.25, 0.3) is 0 Å². The van der Waals surface area contributed by atoms with E-state index in [0.717, 1.165) is 38.5 Å². The number of carbonyl (C=O) groups is 1. The summed E-state index contributed by atoms with van der Waals surface area (Å²) in [6.07, 6.45) is 51.2. The number of nitrogens with one attached hydrogen (secondary N) is 1. The number of rotatable bonds is 54. The molecule has 1 saturated heterocycles. The van der Waals surface area contributed by atoms with Crippen molar-refractivity contribution in [2.45, 2.75) is 346 Å². The number of unbranched alkanes of at least 4 members (excludes halogenated alkanes) is 42. The standard InChI is InChI=1S/C59H115NO11S/c1-3-5-7-9-11-13-15-17-19-21-23-24-25-26-27-28-29-30-31-33-35-37-39-41-43-45-47-49-55(63)60-52(51-69-59-57(65)58(71-72(66,67)68)56(64)54(50-61)70-59)53(62)48-46-44-42-40-38-36-34-32-22-20-18-16-14-12-10-8-6-4-2/h46,48,52-54,56-59,61-62,64-65H,3-45,47,49-51H2,1-2H3,(H,60,63)(H,66,67,68)/b48-46+. The fourth-order valence-electron chi connectivity index (χ4n) is 10.1. The summed E-state index contributed by atoms with van der Waals surface area (Å²) >= 11 is 0. The third kappa shape index (κ3) is 41.1. The quantitative estimate of drug-likeness (QED) is 0.0193. The van der Waals surface area contributed by atoms with Gasteiger partial charge in [-0.15, -0.1) is 0 Å². The maximum absolute atomic E-state index is 13.1. The number of allylic oxidation sites excluding steroid dienone is 1. The topological polar surface area (TPSA) is 192 Å². The van der Waals surface area contributed by atoms with Crippen molar-refractivity contribution in [2.75, 3.05) is 13.2 Å². The van der Waals surface area contributed by atoms with Gasteiger partial charge in [0, 0.05) is 6.42 Å². The average Bonchev–Trinajstić information content (AvgIpc) is 3.36. The molecule has 1 fully saturated rings. The molecule has 0 aromatic carbocycles. The summed E-state index contributed by atoms with van der Waals surface area (Å²) in [6, 6.07) is -0.940. The second kappa shape index (κ2) is 49.4. The minimum Gasteiger partial charge on any atom is -0.394 e. The van der Waals surface area contributed by atoms with Gasteiger partial charge in [-0.3, -0.25) is 9.35 Å². The Bertz CT molecular complexity index is 1320. The van der Waals surface area contributed by atoms with E-state index in [1.165, 1.54) is 238 Å². The summed E-state index contributed by atoms with van der Waals surface area (Å²) in [6.45, 7) is 3.45. The van der Waals surface area contributed by atoms with Crippen molar-refractivity contribution < 1.29 is 51.8 Å². The molecule has 6 N–H and O–H groups in total. The smallest absolute Gasteiger partial charge is 0.394 e. The Hall–Kier alpha value is -1.16. The van der Waals surface area contributed by atoms with E-state index in [1.807, 2.05) is 6.08 Å². The van der Waals surface area contributed by atoms with Gasteiger partial charge in [0.25, 0.3) is 0 Å². The lowest BCUT2D eigenvalue weighted by Gasteiger charge is -2.41. The van der Waals surface area contributed by atoms with Gasteiger partial charge in [0.2, 0.25) is 5.91 Å². The van der Waals surface area contributed by atoms with Gasteiger partial charge < -0.3 is 35.2 Å². The van der Waals surface area contributed by atoms with Gasteiger partial charge in [-0.25, -0.2) is 4.18 Å². The van der Waals surface area contributed by atoms with E-state index in [4.69, 9.17) is 9.47 Å². The van der Waals surface area contributed by atoms with Crippen molar-refractivity contribution in [2.24, 2.45) is 0 Å². The van der Waals surface area contributed by atoms with Crippen molar-refractivity contribution >= 4 is 16.3 Å². The summed E-state index contributed by atoms with van der Waals surface area (Å²) in [4.78, 5) is 13.1. The van der Waals surface area contributed by atoms with E-state index in [1.54, 1.807) is 6.08 Å². The van der Waals surface area contributed by atoms with Crippen LogP contribution in [0.2, 0.25) is 0 Å². The molecular formula is C59H115NO11S. The van der Waals surface area contributed by atoms with Crippen LogP contribution in [0.4, 0.5) is 0 Å². The predicted molar refractivity (Wildman–Crippen MR) is 296 cm³/mol. The van der Waals surface area contributed by atoms with Crippen LogP contribution < -0.4 is 5.32 Å². The van der Waals surface area contributed by atoms with Gasteiger partial charge >= 0.3 is 10.4 Å². The number of amides is 1. The first kappa shape index (κ1) is 68.9. The molecule has 0 aliphatic carbocycles. The molecule has 1 aliphatic heterocycles. The molecule has 1 aliphatic rings. The number of aliphatic hydroxyl groups excluding tert-OH is 4. The van der Waals surface area contributed by atoms with Crippen molar-refractivity contribution in [3.05, 3.63) is 12.2 Å². The zero-order valence-electron chi connectivity index (χ0n) is 46.5. The van der Waals surface area contributed by atoms with Crippen molar-refractivity contribution in [1.29, 1.82) is 0 Å². The van der Waals surface area contributed by atoms with Crippen LogP contribution in [0.15, 0.2) is 12.2 Å². The van der Waals surface area contributed by atoms with Crippen LogP contribution >= 0.6 is 0 Å². The van der Waals surface area contributed by atoms with Crippen molar-refractivity contribution in [1.82, 2.24) is 5.32 Å². The average molecular weight is 1050 g/mol. The molecule has 0 aromatic heterocycles. The molecule has 1 amide bonds. The maximum atomic E-state index is 13.1. The molecule has 72 heavy (non-hydrogen) atoms. The molecule has 0 saturated carbocycles. The Kier molecular flexibility index (Phi) is 47.3. The van der Waals surface area contributed by atoms with E-state index in [-0.39, 0.29) is 18.9 Å². The van der Waals surface area contributed by atoms with Crippen molar-refractivity contribution in [3.63, 3.8) is 0 Å². The predicted octanol–water partition coefficient (Wildman–Crippen LogP) is 14.6. The van der Waals surface area contributed by atoms with Gasteiger partial charge in [0.15, 0.2) is 6.29 Å². The van der Waals surface area contributed by atoms with Crippen LogP contribution in [0.5, 0.6) is 0 Å². The Morgan fingerprint density at radius 2 is 0.875 bits per heavy atom. The molecular weight excluding hydrogens is 931 g/mol. The molecule has 0 radical (unpaired) electrons. The lowest BCUT2D eigenvalue weighted by Crippen LogP contribution is -2.61. The molecule has 7 unspecified atom stereocenters. The second-order valence-corrected chi connectivity index (χ2v) is 22.7. The lowest BCUT2D eigenvalue weighted by molar-refractivity contribution is -0.298. The number of hydrogen-bond donors (Lipinski definition) is 6. The first-order chi connectivity index (χ1) is 35.0. The summed E-state index contributed by atoms with van der Waals surface area (Å²) in [5.41, 5.74) is 0. The van der Waals surface area contributed by atoms with Crippen molar-refractivity contribution in [3.8, 4) is 0 Å². The Morgan fingerprint density at radius 3 is 1.21 bits per heavy atom. The fourth-order valence-corrected chi connectivity index (χ4v) is 10.6. The molecule has 7 atom stereocenters. The maximum Gasteiger partial charge on any atom is 0.397 e. The summed E-state index contributed by atoms with van der Waals surface area (Å²) < 4.78 is 47.9. The lowest BCUT2D eigenvalue weighted by atomic mass is 9.99. The van der Waals surface area contributed by atoms with Gasteiger partial charge in [-0.05, 0) is 19.3 Å². The minimum atomic E-state index is -5.09. The van der Waals surface area contributed by atoms with Gasteiger partial charge in [-0.1, -0.05) is 289 Å². The van der Waals surface area contributed by atoms with E-state index < -0.39 is 59.9 Å². The fraction of sp³-hybridized carbons (Fsp3) is 0.949. The third-order valence-electron chi connectivity index (χ3n) is 14.8. The van der Waals surface area contributed by atoms with E-state index in [2.05, 4.69) is 23.3 Å². The Balaban J connectivity index is 2.30. The van der Waals surface area contributed by atoms with Gasteiger partial charge in [0.1, 0.15) is 24.4 Å². The second-order valence-electron chi connectivity index (χ2n) is 21.7. The minimum absolute atomic E-state index is 0.255. The zero-order valence-corrected chi connectivity index (χ0v) is 47.3. The molecule has 0 bridgehead atoms. The van der Waals surface area contributed by atoms with Gasteiger partial charge in [0.05, 0.1) is 25.4 Å². The van der Waals surface area contributed by atoms with Crippen LogP contribution in [0.3, 0.4) is 0 Å². The summed E-state index contributed by atoms with van der Waals surface area (Å²) in [5, 5.41) is 45.0. The first-order valence-corrected chi connectivity index (χ1v) is 31.9. The highest BCUT2D eigenvalue weighted by molar-refractivity contribution is 7.80. The van der Waals surface area contributed by atoms with Crippen LogP contribution in [-0.4, -0.2) is 95.4 Å². The molecule has 428 valence electrons. The number of ether oxygens (including phenoxy) is 2. The number of hydrogen-bond acceptors (Lipinski definition) is 10. The summed E-state index contributed by atoms with van der Waals surface area (Å²) in [5.74, 6) is -0.255. The Morgan fingerprint density at radius 1 is 0.542 bits per heavy atom. The molecule has 13 heteroatoms. The SMILES string of the molecule is CCCCCCCCCCCCCCCCCC/C=C/C(O)C(COC1OC(CO)C(O)C(OS(=O)(=O)O)C1O)NC(=O)CCCCCCCCCCCCCCCCCCCCCCCCCCCCC. The van der Waals surface area contributed by atoms with E-state index in [0.29, 0.717) is 6.42 Å². The summed E-state index contributed by atoms with van der Waals surface area (Å²) in [7, 11) is -5.09. The normalized spacial score (nSPS) is 19.3. The molecule has 0 aromatic rings. The third-order valence-corrected chi connectivity index (χ3v) is 15.3. The Labute approximate surface area is 442 Å². The highest BCUT2D eigenvalue weighted by Gasteiger charge is 2.48. The van der Waals surface area contributed by atoms with Crippen LogP contribution in [0.1, 0.15) is 303 Å². The van der Waals surface area contributed by atoms with Gasteiger partial charge in [-0.2, -0.15) is 8.42 Å². The molecule has 0 spiro atoms. The number of aliphatic hydroxyl groups is 4. The van der Waals surface area contributed by atoms with Crippen LogP contribution in [0, 0.1) is 0 Å². The highest BCUT2D eigenvalue weighted by Crippen LogP contribution is 2.26. The molecule has 1 heterocycles. The highest BCUT2D eigenvalue weighted by atomic mass is 32.3. The molecule has 12 nitrogen and oxygen atoms in total. The first-order valence-electron chi connectivity index (χ1n) is 30.6. The zero-order chi connectivity index (χ0) is 52.6. The van der Waals surface area contributed by atoms with E-state index >= 15 is 0 Å². The van der Waals surface area contributed by atoms with E-state index in [9.17, 15) is 38.2 Å². The molecule has 1 rings (SSSR count). The van der Waals surface area contributed by atoms with Crippen LogP contribution in [-0.2, 0) is 28.9 Å². The largest absolute Gasteiger partial charge is 0.397 e. The monoisotopic (exact) mass is 1050 g/mol. The number of carbonyl (C=O) groups excluding carboxylic acids is 1.